The van der Waals surface area contributed by atoms with E-state index < -0.39 is 0 Å². The maximum absolute atomic E-state index is 6.26. The highest BCUT2D eigenvalue weighted by atomic mass is 15.2. The minimum absolute atomic E-state index is 0.366. The van der Waals surface area contributed by atoms with Gasteiger partial charge in [0.2, 0.25) is 0 Å². The predicted octanol–water partition coefficient (Wildman–Crippen LogP) is 2.29. The molecule has 1 heterocycles. The lowest BCUT2D eigenvalue weighted by Gasteiger charge is -2.39. The molecule has 2 rings (SSSR count). The maximum Gasteiger partial charge on any atom is 0.00947 e. The van der Waals surface area contributed by atoms with E-state index in [1.165, 1.54) is 5.56 Å². The van der Waals surface area contributed by atoms with E-state index >= 15 is 0 Å². The number of nitrogens with zero attached hydrogens (tertiary/aromatic N) is 1. The number of rotatable bonds is 3. The Kier molecular flexibility index (Phi) is 4.19. The highest BCUT2D eigenvalue weighted by molar-refractivity contribution is 5.16. The molecular formula is C15H24N2. The van der Waals surface area contributed by atoms with Gasteiger partial charge < -0.3 is 10.6 Å². The van der Waals surface area contributed by atoms with E-state index in [0.29, 0.717) is 18.0 Å². The Labute approximate surface area is 105 Å². The normalized spacial score (nSPS) is 26.4. The first-order valence-electron chi connectivity index (χ1n) is 6.70. The van der Waals surface area contributed by atoms with Gasteiger partial charge in [-0.25, -0.2) is 0 Å². The van der Waals surface area contributed by atoms with Gasteiger partial charge in [-0.05, 0) is 44.7 Å². The summed E-state index contributed by atoms with van der Waals surface area (Å²) in [5.41, 5.74) is 7.68. The van der Waals surface area contributed by atoms with Crippen molar-refractivity contribution >= 4 is 0 Å². The molecule has 0 aliphatic carbocycles. The van der Waals surface area contributed by atoms with Crippen molar-refractivity contribution in [3.63, 3.8) is 0 Å². The van der Waals surface area contributed by atoms with Gasteiger partial charge in [0.1, 0.15) is 0 Å². The molecule has 1 aromatic rings. The number of piperidine rings is 1. The van der Waals surface area contributed by atoms with Gasteiger partial charge in [0, 0.05) is 18.6 Å². The SMILES string of the molecule is CC(C)N1CC[C@H](N)[C@@H](Cc2ccccc2)C1. The third kappa shape index (κ3) is 3.30. The Morgan fingerprint density at radius 2 is 2.00 bits per heavy atom. The van der Waals surface area contributed by atoms with Gasteiger partial charge in [-0.3, -0.25) is 0 Å². The van der Waals surface area contributed by atoms with Crippen LogP contribution in [0.1, 0.15) is 25.8 Å². The zero-order chi connectivity index (χ0) is 12.3. The van der Waals surface area contributed by atoms with Crippen LogP contribution in [0.4, 0.5) is 0 Å². The number of likely N-dealkylation sites (tertiary alicyclic amines) is 1. The molecule has 2 heteroatoms. The summed E-state index contributed by atoms with van der Waals surface area (Å²) in [6.07, 6.45) is 2.25. The molecular weight excluding hydrogens is 208 g/mol. The minimum Gasteiger partial charge on any atom is -0.327 e. The van der Waals surface area contributed by atoms with E-state index in [1.807, 2.05) is 0 Å². The largest absolute Gasteiger partial charge is 0.327 e. The summed E-state index contributed by atoms with van der Waals surface area (Å²) in [5, 5.41) is 0. The molecule has 0 aromatic heterocycles. The summed E-state index contributed by atoms with van der Waals surface area (Å²) >= 11 is 0. The van der Waals surface area contributed by atoms with Crippen LogP contribution in [0.15, 0.2) is 30.3 Å². The molecule has 0 spiro atoms. The van der Waals surface area contributed by atoms with E-state index in [9.17, 15) is 0 Å². The summed E-state index contributed by atoms with van der Waals surface area (Å²) in [5.74, 6) is 0.605. The molecule has 2 N–H and O–H groups in total. The van der Waals surface area contributed by atoms with E-state index in [4.69, 9.17) is 5.73 Å². The monoisotopic (exact) mass is 232 g/mol. The van der Waals surface area contributed by atoms with Crippen LogP contribution in [-0.2, 0) is 6.42 Å². The quantitative estimate of drug-likeness (QED) is 0.866. The molecule has 0 radical (unpaired) electrons. The first-order chi connectivity index (χ1) is 8.16. The Morgan fingerprint density at radius 1 is 1.29 bits per heavy atom. The zero-order valence-electron chi connectivity index (χ0n) is 11.0. The van der Waals surface area contributed by atoms with Crippen LogP contribution in [0.2, 0.25) is 0 Å². The summed E-state index contributed by atoms with van der Waals surface area (Å²) in [7, 11) is 0. The molecule has 17 heavy (non-hydrogen) atoms. The molecule has 1 aromatic carbocycles. The lowest BCUT2D eigenvalue weighted by molar-refractivity contribution is 0.123. The van der Waals surface area contributed by atoms with Crippen molar-refractivity contribution in [2.75, 3.05) is 13.1 Å². The predicted molar refractivity (Wildman–Crippen MR) is 72.9 cm³/mol. The second-order valence-corrected chi connectivity index (χ2v) is 5.49. The second-order valence-electron chi connectivity index (χ2n) is 5.49. The smallest absolute Gasteiger partial charge is 0.00947 e. The van der Waals surface area contributed by atoms with Crippen LogP contribution >= 0.6 is 0 Å². The van der Waals surface area contributed by atoms with Crippen LogP contribution in [0.5, 0.6) is 0 Å². The van der Waals surface area contributed by atoms with Crippen molar-refractivity contribution in [1.29, 1.82) is 0 Å². The van der Waals surface area contributed by atoms with Gasteiger partial charge in [0.05, 0.1) is 0 Å². The Balaban J connectivity index is 1.99. The fourth-order valence-corrected chi connectivity index (χ4v) is 2.68. The lowest BCUT2D eigenvalue weighted by Crippen LogP contribution is -2.50. The summed E-state index contributed by atoms with van der Waals surface area (Å²) in [6.45, 7) is 6.85. The van der Waals surface area contributed by atoms with Crippen LogP contribution in [0, 0.1) is 5.92 Å². The molecule has 1 saturated heterocycles. The highest BCUT2D eigenvalue weighted by Gasteiger charge is 2.27. The number of benzene rings is 1. The van der Waals surface area contributed by atoms with Crippen molar-refractivity contribution in [3.8, 4) is 0 Å². The Bertz CT molecular complexity index is 334. The molecule has 0 bridgehead atoms. The highest BCUT2D eigenvalue weighted by Crippen LogP contribution is 2.21. The van der Waals surface area contributed by atoms with E-state index in [1.54, 1.807) is 0 Å². The molecule has 1 aliphatic rings. The van der Waals surface area contributed by atoms with Crippen molar-refractivity contribution < 1.29 is 0 Å². The van der Waals surface area contributed by atoms with E-state index in [-0.39, 0.29) is 0 Å². The van der Waals surface area contributed by atoms with Gasteiger partial charge in [-0.1, -0.05) is 30.3 Å². The van der Waals surface area contributed by atoms with Gasteiger partial charge in [0.25, 0.3) is 0 Å². The number of hydrogen-bond acceptors (Lipinski definition) is 2. The Morgan fingerprint density at radius 3 is 2.65 bits per heavy atom. The van der Waals surface area contributed by atoms with Crippen molar-refractivity contribution in [3.05, 3.63) is 35.9 Å². The summed E-state index contributed by atoms with van der Waals surface area (Å²) < 4.78 is 0. The van der Waals surface area contributed by atoms with Crippen LogP contribution in [0.3, 0.4) is 0 Å². The summed E-state index contributed by atoms with van der Waals surface area (Å²) in [4.78, 5) is 2.55. The van der Waals surface area contributed by atoms with Crippen molar-refractivity contribution in [2.24, 2.45) is 11.7 Å². The van der Waals surface area contributed by atoms with E-state index in [2.05, 4.69) is 49.1 Å². The van der Waals surface area contributed by atoms with Gasteiger partial charge in [0.15, 0.2) is 0 Å². The first-order valence-corrected chi connectivity index (χ1v) is 6.70. The molecule has 1 aliphatic heterocycles. The lowest BCUT2D eigenvalue weighted by atomic mass is 9.87. The average molecular weight is 232 g/mol. The Hall–Kier alpha value is -0.860. The van der Waals surface area contributed by atoms with Gasteiger partial charge >= 0.3 is 0 Å². The third-order valence-electron chi connectivity index (χ3n) is 3.90. The number of hydrogen-bond donors (Lipinski definition) is 1. The average Bonchev–Trinajstić information content (AvgIpc) is 2.33. The second kappa shape index (κ2) is 5.65. The molecule has 2 atom stereocenters. The fourth-order valence-electron chi connectivity index (χ4n) is 2.68. The molecule has 94 valence electrons. The molecule has 1 fully saturated rings. The van der Waals surface area contributed by atoms with Crippen LogP contribution in [-0.4, -0.2) is 30.1 Å². The van der Waals surface area contributed by atoms with Crippen LogP contribution in [0.25, 0.3) is 0 Å². The maximum atomic E-state index is 6.26. The van der Waals surface area contributed by atoms with Crippen LogP contribution < -0.4 is 5.73 Å². The molecule has 2 nitrogen and oxygen atoms in total. The topological polar surface area (TPSA) is 29.3 Å². The van der Waals surface area contributed by atoms with Crippen molar-refractivity contribution in [1.82, 2.24) is 4.90 Å². The van der Waals surface area contributed by atoms with E-state index in [0.717, 1.165) is 25.9 Å². The minimum atomic E-state index is 0.366. The zero-order valence-corrected chi connectivity index (χ0v) is 11.0. The molecule has 0 saturated carbocycles. The first kappa shape index (κ1) is 12.6. The van der Waals surface area contributed by atoms with Gasteiger partial charge in [-0.15, -0.1) is 0 Å². The standard InChI is InChI=1S/C15H24N2/c1-12(2)17-9-8-15(16)14(11-17)10-13-6-4-3-5-7-13/h3-7,12,14-15H,8-11,16H2,1-2H3/t14-,15-/m0/s1. The fraction of sp³-hybridized carbons (Fsp3) is 0.600. The summed E-state index contributed by atoms with van der Waals surface area (Å²) in [6, 6.07) is 11.7. The van der Waals surface area contributed by atoms with Crippen molar-refractivity contribution in [2.45, 2.75) is 38.8 Å². The van der Waals surface area contributed by atoms with Gasteiger partial charge in [-0.2, -0.15) is 0 Å². The molecule has 0 amide bonds. The molecule has 0 unspecified atom stereocenters. The third-order valence-corrected chi connectivity index (χ3v) is 3.90. The number of nitrogens with two attached hydrogens (primary N) is 1.